The van der Waals surface area contributed by atoms with Gasteiger partial charge >= 0.3 is 0 Å². The van der Waals surface area contributed by atoms with Crippen LogP contribution in [0.1, 0.15) is 38.2 Å². The number of piperidine rings is 1. The first-order valence-corrected chi connectivity index (χ1v) is 10.5. The average Bonchev–Trinajstić information content (AvgIpc) is 2.65. The first-order chi connectivity index (χ1) is 12.0. The Bertz CT molecular complexity index is 658. The van der Waals surface area contributed by atoms with Gasteiger partial charge in [-0.3, -0.25) is 4.79 Å². The van der Waals surface area contributed by atoms with E-state index >= 15 is 0 Å². The lowest BCUT2D eigenvalue weighted by molar-refractivity contribution is -0.126. The summed E-state index contributed by atoms with van der Waals surface area (Å²) in [5, 5.41) is 2.92. The molecule has 7 heteroatoms. The van der Waals surface area contributed by atoms with Crippen LogP contribution in [0.25, 0.3) is 0 Å². The summed E-state index contributed by atoms with van der Waals surface area (Å²) in [4.78, 5) is 12.4. The fourth-order valence-electron chi connectivity index (χ4n) is 2.94. The van der Waals surface area contributed by atoms with Crippen LogP contribution in [0.3, 0.4) is 0 Å². The van der Waals surface area contributed by atoms with Crippen molar-refractivity contribution < 1.29 is 17.9 Å². The van der Waals surface area contributed by atoms with Gasteiger partial charge in [-0.2, -0.15) is 0 Å². The standard InChI is InChI=1S/C18H28N2O4S/c1-3-4-12-25(22,23)20-11-5-6-16(14-20)18(21)19-13-15-7-9-17(24-2)10-8-15/h7-10,16H,3-6,11-14H2,1-2H3,(H,19,21). The number of hydrogen-bond acceptors (Lipinski definition) is 4. The molecule has 1 aliphatic heterocycles. The van der Waals surface area contributed by atoms with E-state index in [0.29, 0.717) is 26.1 Å². The third-order valence-electron chi connectivity index (χ3n) is 4.53. The van der Waals surface area contributed by atoms with Crippen molar-refractivity contribution in [1.29, 1.82) is 0 Å². The predicted octanol–water partition coefficient (Wildman–Crippen LogP) is 2.15. The van der Waals surface area contributed by atoms with Crippen LogP contribution in [0.15, 0.2) is 24.3 Å². The summed E-state index contributed by atoms with van der Waals surface area (Å²) in [6, 6.07) is 7.51. The van der Waals surface area contributed by atoms with Gasteiger partial charge in [0.05, 0.1) is 18.8 Å². The Labute approximate surface area is 150 Å². The molecule has 0 aliphatic carbocycles. The minimum Gasteiger partial charge on any atom is -0.497 e. The second kappa shape index (κ2) is 9.20. The fraction of sp³-hybridized carbons (Fsp3) is 0.611. The summed E-state index contributed by atoms with van der Waals surface area (Å²) in [5.74, 6) is 0.592. The van der Waals surface area contributed by atoms with Crippen LogP contribution < -0.4 is 10.1 Å². The van der Waals surface area contributed by atoms with Gasteiger partial charge in [-0.1, -0.05) is 25.5 Å². The molecular weight excluding hydrogens is 340 g/mol. The molecule has 1 N–H and O–H groups in total. The van der Waals surface area contributed by atoms with E-state index in [0.717, 1.165) is 30.6 Å². The molecule has 0 aromatic heterocycles. The van der Waals surface area contributed by atoms with E-state index < -0.39 is 10.0 Å². The van der Waals surface area contributed by atoms with Gasteiger partial charge in [-0.05, 0) is 37.0 Å². The minimum atomic E-state index is -3.25. The summed E-state index contributed by atoms with van der Waals surface area (Å²) in [6.07, 6.45) is 2.96. The van der Waals surface area contributed by atoms with E-state index in [2.05, 4.69) is 5.32 Å². The lowest BCUT2D eigenvalue weighted by Gasteiger charge is -2.31. The highest BCUT2D eigenvalue weighted by Crippen LogP contribution is 2.20. The Hall–Kier alpha value is -1.60. The largest absolute Gasteiger partial charge is 0.497 e. The molecule has 0 saturated carbocycles. The highest BCUT2D eigenvalue weighted by Gasteiger charge is 2.31. The normalized spacial score (nSPS) is 18.7. The van der Waals surface area contributed by atoms with Gasteiger partial charge < -0.3 is 10.1 Å². The molecule has 0 radical (unpaired) electrons. The summed E-state index contributed by atoms with van der Waals surface area (Å²) < 4.78 is 31.3. The third kappa shape index (κ3) is 5.71. The molecule has 1 aromatic carbocycles. The molecule has 1 heterocycles. The van der Waals surface area contributed by atoms with Crippen LogP contribution in [0.5, 0.6) is 5.75 Å². The minimum absolute atomic E-state index is 0.0776. The number of amides is 1. The number of carbonyl (C=O) groups excluding carboxylic acids is 1. The van der Waals surface area contributed by atoms with Crippen LogP contribution >= 0.6 is 0 Å². The van der Waals surface area contributed by atoms with Crippen molar-refractivity contribution in [2.24, 2.45) is 5.92 Å². The van der Waals surface area contributed by atoms with E-state index in [1.165, 1.54) is 4.31 Å². The van der Waals surface area contributed by atoms with Gasteiger partial charge in [0.15, 0.2) is 0 Å². The number of nitrogens with zero attached hydrogens (tertiary/aromatic N) is 1. The Morgan fingerprint density at radius 2 is 2.04 bits per heavy atom. The van der Waals surface area contributed by atoms with Gasteiger partial charge in [0.25, 0.3) is 0 Å². The molecule has 1 amide bonds. The molecule has 6 nitrogen and oxygen atoms in total. The zero-order valence-corrected chi connectivity index (χ0v) is 15.8. The van der Waals surface area contributed by atoms with Crippen molar-refractivity contribution in [3.63, 3.8) is 0 Å². The number of sulfonamides is 1. The van der Waals surface area contributed by atoms with Crippen LogP contribution in [0.2, 0.25) is 0 Å². The lowest BCUT2D eigenvalue weighted by atomic mass is 9.99. The van der Waals surface area contributed by atoms with Gasteiger partial charge in [0, 0.05) is 19.6 Å². The van der Waals surface area contributed by atoms with Gasteiger partial charge in [0.1, 0.15) is 5.75 Å². The number of hydrogen-bond donors (Lipinski definition) is 1. The number of rotatable bonds is 8. The van der Waals surface area contributed by atoms with E-state index in [-0.39, 0.29) is 17.6 Å². The summed E-state index contributed by atoms with van der Waals surface area (Å²) >= 11 is 0. The van der Waals surface area contributed by atoms with Crippen molar-refractivity contribution in [2.45, 2.75) is 39.2 Å². The Morgan fingerprint density at radius 3 is 2.68 bits per heavy atom. The van der Waals surface area contributed by atoms with Crippen molar-refractivity contribution in [3.8, 4) is 5.75 Å². The average molecular weight is 368 g/mol. The molecule has 1 unspecified atom stereocenters. The predicted molar refractivity (Wildman–Crippen MR) is 97.8 cm³/mol. The van der Waals surface area contributed by atoms with Crippen molar-refractivity contribution in [1.82, 2.24) is 9.62 Å². The molecule has 1 aromatic rings. The molecule has 2 rings (SSSR count). The van der Waals surface area contributed by atoms with Crippen LogP contribution in [0, 0.1) is 5.92 Å². The maximum atomic E-state index is 12.4. The van der Waals surface area contributed by atoms with Crippen LogP contribution in [0.4, 0.5) is 0 Å². The van der Waals surface area contributed by atoms with E-state index in [9.17, 15) is 13.2 Å². The summed E-state index contributed by atoms with van der Waals surface area (Å²) in [5.41, 5.74) is 0.984. The Kier molecular flexibility index (Phi) is 7.25. The second-order valence-electron chi connectivity index (χ2n) is 6.43. The zero-order valence-electron chi connectivity index (χ0n) is 15.0. The highest BCUT2D eigenvalue weighted by atomic mass is 32.2. The van der Waals surface area contributed by atoms with Gasteiger partial charge in [-0.25, -0.2) is 12.7 Å². The fourth-order valence-corrected chi connectivity index (χ4v) is 4.67. The monoisotopic (exact) mass is 368 g/mol. The molecule has 1 saturated heterocycles. The SMILES string of the molecule is CCCCS(=O)(=O)N1CCCC(C(=O)NCc2ccc(OC)cc2)C1. The molecule has 1 fully saturated rings. The third-order valence-corrected chi connectivity index (χ3v) is 6.45. The molecule has 140 valence electrons. The van der Waals surface area contributed by atoms with Crippen LogP contribution in [-0.4, -0.2) is 44.6 Å². The maximum Gasteiger partial charge on any atom is 0.224 e. The zero-order chi connectivity index (χ0) is 18.3. The highest BCUT2D eigenvalue weighted by molar-refractivity contribution is 7.89. The Balaban J connectivity index is 1.88. The number of carbonyl (C=O) groups is 1. The molecule has 0 spiro atoms. The molecule has 0 bridgehead atoms. The smallest absolute Gasteiger partial charge is 0.224 e. The van der Waals surface area contributed by atoms with Crippen molar-refractivity contribution >= 4 is 15.9 Å². The quantitative estimate of drug-likeness (QED) is 0.763. The number of ether oxygens (including phenoxy) is 1. The van der Waals surface area contributed by atoms with Crippen molar-refractivity contribution in [2.75, 3.05) is 26.0 Å². The van der Waals surface area contributed by atoms with Crippen LogP contribution in [-0.2, 0) is 21.4 Å². The van der Waals surface area contributed by atoms with E-state index in [1.807, 2.05) is 31.2 Å². The van der Waals surface area contributed by atoms with Gasteiger partial charge in [-0.15, -0.1) is 0 Å². The van der Waals surface area contributed by atoms with E-state index in [1.54, 1.807) is 7.11 Å². The topological polar surface area (TPSA) is 75.7 Å². The molecule has 25 heavy (non-hydrogen) atoms. The molecule has 1 atom stereocenters. The first kappa shape index (κ1) is 19.7. The van der Waals surface area contributed by atoms with E-state index in [4.69, 9.17) is 4.74 Å². The number of unbranched alkanes of at least 4 members (excludes halogenated alkanes) is 1. The summed E-state index contributed by atoms with van der Waals surface area (Å²) in [6.45, 7) is 3.22. The number of methoxy groups -OCH3 is 1. The summed E-state index contributed by atoms with van der Waals surface area (Å²) in [7, 11) is -1.64. The lowest BCUT2D eigenvalue weighted by Crippen LogP contribution is -2.45. The second-order valence-corrected chi connectivity index (χ2v) is 8.52. The molecule has 1 aliphatic rings. The maximum absolute atomic E-state index is 12.4. The number of benzene rings is 1. The molecular formula is C18H28N2O4S. The van der Waals surface area contributed by atoms with Gasteiger partial charge in [0.2, 0.25) is 15.9 Å². The Morgan fingerprint density at radius 1 is 1.32 bits per heavy atom. The first-order valence-electron chi connectivity index (χ1n) is 8.84. The van der Waals surface area contributed by atoms with Crippen molar-refractivity contribution in [3.05, 3.63) is 29.8 Å². The number of nitrogens with one attached hydrogen (secondary N) is 1.